The molecule has 0 radical (unpaired) electrons. The summed E-state index contributed by atoms with van der Waals surface area (Å²) < 4.78 is 5.68. The predicted molar refractivity (Wildman–Crippen MR) is 125 cm³/mol. The number of aromatic nitrogens is 2. The number of hydrogen-bond donors (Lipinski definition) is 2. The second-order valence-corrected chi connectivity index (χ2v) is 8.80. The van der Waals surface area contributed by atoms with Crippen molar-refractivity contribution in [1.82, 2.24) is 15.3 Å². The fourth-order valence-corrected chi connectivity index (χ4v) is 4.12. The number of fused-ring (bicyclic) bond motifs is 1. The van der Waals surface area contributed by atoms with Gasteiger partial charge in [-0.05, 0) is 56.4 Å². The molecule has 2 heterocycles. The highest BCUT2D eigenvalue weighted by atomic mass is 35.5. The van der Waals surface area contributed by atoms with Gasteiger partial charge in [-0.1, -0.05) is 11.6 Å². The molecule has 2 aromatic heterocycles. The summed E-state index contributed by atoms with van der Waals surface area (Å²) in [7, 11) is 3.93. The Labute approximate surface area is 186 Å². The van der Waals surface area contributed by atoms with E-state index in [1.54, 1.807) is 18.5 Å². The summed E-state index contributed by atoms with van der Waals surface area (Å²) in [6, 6.07) is 6.12. The third kappa shape index (κ3) is 4.99. The molecule has 3 aromatic rings. The first-order chi connectivity index (χ1) is 14.9. The normalized spacial score (nSPS) is 18.8. The van der Waals surface area contributed by atoms with E-state index in [4.69, 9.17) is 16.0 Å². The zero-order valence-corrected chi connectivity index (χ0v) is 18.9. The van der Waals surface area contributed by atoms with Crippen molar-refractivity contribution in [1.29, 1.82) is 0 Å². The average molecular weight is 442 g/mol. The molecule has 8 heteroatoms. The predicted octanol–water partition coefficient (Wildman–Crippen LogP) is 4.12. The molecule has 164 valence electrons. The van der Waals surface area contributed by atoms with Gasteiger partial charge in [0.05, 0.1) is 11.6 Å². The van der Waals surface area contributed by atoms with Gasteiger partial charge in [-0.3, -0.25) is 4.79 Å². The van der Waals surface area contributed by atoms with E-state index >= 15 is 0 Å². The number of nitrogens with one attached hydrogen (secondary N) is 2. The summed E-state index contributed by atoms with van der Waals surface area (Å²) in [5.41, 5.74) is 2.07. The first kappa shape index (κ1) is 21.6. The van der Waals surface area contributed by atoms with Gasteiger partial charge in [0.1, 0.15) is 11.4 Å². The van der Waals surface area contributed by atoms with Gasteiger partial charge >= 0.3 is 0 Å². The van der Waals surface area contributed by atoms with Gasteiger partial charge in [0.15, 0.2) is 5.43 Å². The Morgan fingerprint density at radius 2 is 1.94 bits per heavy atom. The van der Waals surface area contributed by atoms with E-state index in [-0.39, 0.29) is 5.43 Å². The summed E-state index contributed by atoms with van der Waals surface area (Å²) >= 11 is 6.19. The zero-order chi connectivity index (χ0) is 22.0. The van der Waals surface area contributed by atoms with Gasteiger partial charge < -0.3 is 20.0 Å². The van der Waals surface area contributed by atoms with E-state index < -0.39 is 0 Å². The van der Waals surface area contributed by atoms with Gasteiger partial charge in [0.25, 0.3) is 0 Å². The van der Waals surface area contributed by atoms with Crippen LogP contribution in [0.25, 0.3) is 11.0 Å². The van der Waals surface area contributed by atoms with Crippen molar-refractivity contribution < 1.29 is 4.42 Å². The lowest BCUT2D eigenvalue weighted by molar-refractivity contribution is 0.351. The maximum atomic E-state index is 12.8. The fraction of sp³-hybridized carbons (Fsp3) is 0.435. The SMILES string of the molecule is Cc1cc2occ(CNC3CCC(Nc4nccc(N(C)C)n4)CC3)c(=O)c2cc1Cl. The van der Waals surface area contributed by atoms with Crippen LogP contribution >= 0.6 is 11.6 Å². The molecule has 1 aromatic carbocycles. The summed E-state index contributed by atoms with van der Waals surface area (Å²) in [6.45, 7) is 2.38. The summed E-state index contributed by atoms with van der Waals surface area (Å²) in [4.78, 5) is 23.7. The Kier molecular flexibility index (Phi) is 6.43. The van der Waals surface area contributed by atoms with Crippen molar-refractivity contribution in [2.45, 2.75) is 51.2 Å². The number of hydrogen-bond acceptors (Lipinski definition) is 7. The maximum Gasteiger partial charge on any atom is 0.224 e. The highest BCUT2D eigenvalue weighted by Crippen LogP contribution is 2.23. The summed E-state index contributed by atoms with van der Waals surface area (Å²) in [6.07, 6.45) is 7.43. The van der Waals surface area contributed by atoms with Crippen molar-refractivity contribution >= 4 is 34.3 Å². The Morgan fingerprint density at radius 1 is 1.19 bits per heavy atom. The van der Waals surface area contributed by atoms with Crippen molar-refractivity contribution in [3.63, 3.8) is 0 Å². The molecule has 1 aliphatic carbocycles. The molecular formula is C23H28ClN5O2. The zero-order valence-electron chi connectivity index (χ0n) is 18.1. The monoisotopic (exact) mass is 441 g/mol. The molecular weight excluding hydrogens is 414 g/mol. The van der Waals surface area contributed by atoms with Crippen molar-refractivity contribution in [2.75, 3.05) is 24.3 Å². The topological polar surface area (TPSA) is 83.3 Å². The molecule has 31 heavy (non-hydrogen) atoms. The lowest BCUT2D eigenvalue weighted by Gasteiger charge is -2.30. The molecule has 0 bridgehead atoms. The van der Waals surface area contributed by atoms with Gasteiger partial charge in [-0.25, -0.2) is 4.98 Å². The molecule has 0 saturated heterocycles. The Balaban J connectivity index is 1.32. The maximum absolute atomic E-state index is 12.8. The lowest BCUT2D eigenvalue weighted by Crippen LogP contribution is -2.37. The minimum atomic E-state index is -0.0241. The number of nitrogens with zero attached hydrogens (tertiary/aromatic N) is 3. The van der Waals surface area contributed by atoms with Crippen LogP contribution in [0.2, 0.25) is 5.02 Å². The number of aryl methyl sites for hydroxylation is 1. The van der Waals surface area contributed by atoms with Crippen LogP contribution in [-0.4, -0.2) is 36.1 Å². The van der Waals surface area contributed by atoms with Crippen molar-refractivity contribution in [3.05, 3.63) is 57.0 Å². The van der Waals surface area contributed by atoms with Crippen LogP contribution in [0.1, 0.15) is 36.8 Å². The Hall–Kier alpha value is -2.64. The fourth-order valence-electron chi connectivity index (χ4n) is 3.96. The number of rotatable bonds is 6. The van der Waals surface area contributed by atoms with E-state index in [9.17, 15) is 4.79 Å². The summed E-state index contributed by atoms with van der Waals surface area (Å²) in [5.74, 6) is 1.56. The number of anilines is 2. The minimum Gasteiger partial charge on any atom is -0.464 e. The smallest absolute Gasteiger partial charge is 0.224 e. The van der Waals surface area contributed by atoms with Gasteiger partial charge in [0, 0.05) is 49.5 Å². The van der Waals surface area contributed by atoms with Crippen molar-refractivity contribution in [2.24, 2.45) is 0 Å². The quantitative estimate of drug-likeness (QED) is 0.595. The first-order valence-corrected chi connectivity index (χ1v) is 11.0. The van der Waals surface area contributed by atoms with Crippen LogP contribution in [0.3, 0.4) is 0 Å². The second kappa shape index (κ2) is 9.24. The molecule has 0 unspecified atom stereocenters. The second-order valence-electron chi connectivity index (χ2n) is 8.39. The molecule has 4 rings (SSSR count). The largest absolute Gasteiger partial charge is 0.464 e. The van der Waals surface area contributed by atoms with Crippen LogP contribution in [0.15, 0.2) is 39.9 Å². The van der Waals surface area contributed by atoms with Crippen LogP contribution in [0.4, 0.5) is 11.8 Å². The third-order valence-electron chi connectivity index (χ3n) is 5.87. The highest BCUT2D eigenvalue weighted by molar-refractivity contribution is 6.32. The molecule has 1 saturated carbocycles. The lowest BCUT2D eigenvalue weighted by atomic mass is 9.91. The van der Waals surface area contributed by atoms with Crippen LogP contribution in [-0.2, 0) is 6.54 Å². The van der Waals surface area contributed by atoms with Crippen LogP contribution in [0, 0.1) is 6.92 Å². The molecule has 2 N–H and O–H groups in total. The molecule has 1 fully saturated rings. The molecule has 0 atom stereocenters. The molecule has 7 nitrogen and oxygen atoms in total. The molecule has 0 spiro atoms. The van der Waals surface area contributed by atoms with Gasteiger partial charge in [-0.2, -0.15) is 4.98 Å². The number of benzene rings is 1. The Morgan fingerprint density at radius 3 is 2.68 bits per heavy atom. The molecule has 1 aliphatic rings. The molecule has 0 aliphatic heterocycles. The number of halogens is 1. The molecule has 0 amide bonds. The van der Waals surface area contributed by atoms with Gasteiger partial charge in [0.2, 0.25) is 5.95 Å². The Bertz CT molecular complexity index is 1120. The van der Waals surface area contributed by atoms with Gasteiger partial charge in [-0.15, -0.1) is 0 Å². The third-order valence-corrected chi connectivity index (χ3v) is 6.27. The van der Waals surface area contributed by atoms with E-state index in [2.05, 4.69) is 20.6 Å². The van der Waals surface area contributed by atoms with Crippen LogP contribution in [0.5, 0.6) is 0 Å². The highest BCUT2D eigenvalue weighted by Gasteiger charge is 2.22. The van der Waals surface area contributed by atoms with E-state index in [1.807, 2.05) is 38.1 Å². The van der Waals surface area contributed by atoms with E-state index in [0.29, 0.717) is 46.1 Å². The van der Waals surface area contributed by atoms with Crippen LogP contribution < -0.4 is 21.0 Å². The average Bonchev–Trinajstić information content (AvgIpc) is 2.76. The van der Waals surface area contributed by atoms with E-state index in [0.717, 1.165) is 37.1 Å². The van der Waals surface area contributed by atoms with E-state index in [1.165, 1.54) is 0 Å². The standard InChI is InChI=1S/C23H28ClN5O2/c1-14-10-20-18(11-19(14)24)22(30)15(13-31-20)12-26-16-4-6-17(7-5-16)27-23-25-9-8-21(28-23)29(2)3/h8-11,13,16-17,26H,4-7,12H2,1-3H3,(H,25,27,28). The first-order valence-electron chi connectivity index (χ1n) is 10.6. The summed E-state index contributed by atoms with van der Waals surface area (Å²) in [5, 5.41) is 8.08. The van der Waals surface area contributed by atoms with Crippen molar-refractivity contribution in [3.8, 4) is 0 Å². The minimum absolute atomic E-state index is 0.0241.